The lowest BCUT2D eigenvalue weighted by atomic mass is 9.74. The van der Waals surface area contributed by atoms with E-state index in [9.17, 15) is 24.3 Å². The van der Waals surface area contributed by atoms with E-state index in [1.807, 2.05) is 39.8 Å². The van der Waals surface area contributed by atoms with Gasteiger partial charge in [0.25, 0.3) is 0 Å². The van der Waals surface area contributed by atoms with Crippen LogP contribution in [0.2, 0.25) is 0 Å². The predicted molar refractivity (Wildman–Crippen MR) is 177 cm³/mol. The zero-order valence-electron chi connectivity index (χ0n) is 30.3. The highest BCUT2D eigenvalue weighted by molar-refractivity contribution is 6.00. The van der Waals surface area contributed by atoms with Gasteiger partial charge in [-0.15, -0.1) is 0 Å². The summed E-state index contributed by atoms with van der Waals surface area (Å²) in [5.74, 6) is -4.77. The van der Waals surface area contributed by atoms with Gasteiger partial charge in [-0.25, -0.2) is 4.79 Å². The predicted octanol–water partition coefficient (Wildman–Crippen LogP) is 4.51. The summed E-state index contributed by atoms with van der Waals surface area (Å²) < 4.78 is 24.5. The van der Waals surface area contributed by atoms with Gasteiger partial charge in [-0.1, -0.05) is 39.7 Å². The summed E-state index contributed by atoms with van der Waals surface area (Å²) in [6.45, 7) is 14.6. The van der Waals surface area contributed by atoms with Crippen LogP contribution in [0.5, 0.6) is 0 Å². The van der Waals surface area contributed by atoms with E-state index in [2.05, 4.69) is 10.0 Å². The van der Waals surface area contributed by atoms with E-state index in [-0.39, 0.29) is 43.4 Å². The molecule has 0 spiro atoms. The smallest absolute Gasteiger partial charge is 0.410 e. The number of cyclic esters (lactones) is 1. The second-order valence-electron chi connectivity index (χ2n) is 14.6. The fraction of sp³-hybridized carbons (Fsp3) is 0.882. The number of hydrogen-bond donors (Lipinski definition) is 1. The van der Waals surface area contributed by atoms with Gasteiger partial charge in [0.2, 0.25) is 0 Å². The van der Waals surface area contributed by atoms with Crippen LogP contribution < -0.4 is 0 Å². The Morgan fingerprint density at radius 2 is 1.71 bits per heavy atom. The van der Waals surface area contributed by atoms with E-state index in [1.165, 1.54) is 11.8 Å². The average molecular weight is 680 g/mol. The van der Waals surface area contributed by atoms with Gasteiger partial charge in [-0.05, 0) is 78.4 Å². The van der Waals surface area contributed by atoms with E-state index in [0.717, 1.165) is 0 Å². The monoisotopic (exact) mass is 679 g/mol. The highest BCUT2D eigenvalue weighted by Gasteiger charge is 2.59. The van der Waals surface area contributed by atoms with E-state index >= 15 is 0 Å². The number of aliphatic hydroxyl groups excluding tert-OH is 1. The number of nitrogens with zero attached hydrogens (tertiary/aromatic N) is 5. The van der Waals surface area contributed by atoms with Crippen molar-refractivity contribution in [1.29, 1.82) is 0 Å². The van der Waals surface area contributed by atoms with Gasteiger partial charge in [0.05, 0.1) is 18.2 Å². The topological polar surface area (TPSA) is 181 Å². The van der Waals surface area contributed by atoms with Crippen LogP contribution in [0.3, 0.4) is 0 Å². The fourth-order valence-corrected chi connectivity index (χ4v) is 7.98. The molecule has 0 bridgehead atoms. The minimum atomic E-state index is -1.37. The first-order valence-electron chi connectivity index (χ1n) is 17.4. The Morgan fingerprint density at radius 1 is 1.04 bits per heavy atom. The number of carbonyl (C=O) groups is 4. The Morgan fingerprint density at radius 3 is 2.31 bits per heavy atom. The summed E-state index contributed by atoms with van der Waals surface area (Å²) >= 11 is 0. The summed E-state index contributed by atoms with van der Waals surface area (Å²) in [5, 5.41) is 14.8. The van der Waals surface area contributed by atoms with Crippen molar-refractivity contribution in [2.45, 2.75) is 136 Å². The molecule has 0 aromatic heterocycles. The zero-order valence-corrected chi connectivity index (χ0v) is 30.3. The van der Waals surface area contributed by atoms with Gasteiger partial charge in [0, 0.05) is 41.8 Å². The third kappa shape index (κ3) is 8.50. The first-order chi connectivity index (χ1) is 22.5. The molecule has 1 amide bonds. The normalized spacial score (nSPS) is 40.1. The maximum Gasteiger partial charge on any atom is 0.410 e. The Bertz CT molecular complexity index is 1210. The second-order valence-corrected chi connectivity index (χ2v) is 14.6. The first-order valence-corrected chi connectivity index (χ1v) is 17.4. The molecule has 272 valence electrons. The van der Waals surface area contributed by atoms with Gasteiger partial charge < -0.3 is 33.9 Å². The molecule has 3 rings (SSSR count). The van der Waals surface area contributed by atoms with Crippen LogP contribution in [-0.2, 0) is 33.3 Å². The molecule has 0 aromatic rings. The lowest BCUT2D eigenvalue weighted by Crippen LogP contribution is -2.58. The molecule has 0 radical (unpaired) electrons. The number of azide groups is 1. The molecule has 14 nitrogen and oxygen atoms in total. The standard InChI is InChI=1S/C34H57N5O9/c1-11-25-34(8)30(39(33(44)48-34)15-13-12-14-36-37-35)22(6)26(40)18(2)16-19(3)29(21(5)27(41)23(7)31(43)46-25)47-32-28(42)24(38(9)10)17-20(4)45-32/h18-25,28-30,32,42H,11-17H2,1-10H3/t18-,19?,20?,21?,22?,23?,24?,25-,28?,29+,30-,32?,34-/m1/s1. The van der Waals surface area contributed by atoms with Gasteiger partial charge in [0.15, 0.2) is 17.7 Å². The quantitative estimate of drug-likeness (QED) is 0.0909. The molecule has 14 heteroatoms. The number of rotatable bonds is 9. The summed E-state index contributed by atoms with van der Waals surface area (Å²) in [4.78, 5) is 61.5. The lowest BCUT2D eigenvalue weighted by molar-refractivity contribution is -0.278. The van der Waals surface area contributed by atoms with Crippen molar-refractivity contribution < 1.29 is 43.2 Å². The van der Waals surface area contributed by atoms with E-state index < -0.39 is 77.8 Å². The lowest BCUT2D eigenvalue weighted by Gasteiger charge is -2.44. The Balaban J connectivity index is 2.02. The Labute approximate surface area is 284 Å². The summed E-state index contributed by atoms with van der Waals surface area (Å²) in [6, 6.07) is -0.991. The number of hydrogen-bond acceptors (Lipinski definition) is 11. The molecule has 3 aliphatic rings. The van der Waals surface area contributed by atoms with Crippen LogP contribution in [0.1, 0.15) is 87.5 Å². The number of ether oxygens (including phenoxy) is 4. The first kappa shape index (κ1) is 39.7. The minimum Gasteiger partial charge on any atom is -0.458 e. The van der Waals surface area contributed by atoms with Gasteiger partial charge in [-0.3, -0.25) is 14.4 Å². The molecule has 48 heavy (non-hydrogen) atoms. The van der Waals surface area contributed by atoms with Crippen LogP contribution in [0.4, 0.5) is 4.79 Å². The summed E-state index contributed by atoms with van der Waals surface area (Å²) in [7, 11) is 3.76. The molecule has 0 aliphatic carbocycles. The van der Waals surface area contributed by atoms with Crippen LogP contribution in [-0.4, -0.2) is 114 Å². The second kappa shape index (κ2) is 16.8. The molecule has 0 saturated carbocycles. The molecule has 8 unspecified atom stereocenters. The van der Waals surface area contributed by atoms with E-state index in [1.54, 1.807) is 27.7 Å². The van der Waals surface area contributed by atoms with Crippen molar-refractivity contribution in [3.63, 3.8) is 0 Å². The molecule has 0 aromatic carbocycles. The van der Waals surface area contributed by atoms with Crippen molar-refractivity contribution in [2.75, 3.05) is 27.2 Å². The van der Waals surface area contributed by atoms with Crippen molar-refractivity contribution >= 4 is 23.6 Å². The number of aliphatic hydroxyl groups is 1. The highest BCUT2D eigenvalue weighted by Crippen LogP contribution is 2.42. The van der Waals surface area contributed by atoms with Crippen LogP contribution in [0, 0.1) is 29.6 Å². The molecular weight excluding hydrogens is 622 g/mol. The Hall–Kier alpha value is -2.77. The number of likely N-dealkylation sites (N-methyl/N-ethyl adjacent to an activating group) is 1. The van der Waals surface area contributed by atoms with Crippen molar-refractivity contribution in [3.05, 3.63) is 10.4 Å². The number of Topliss-reactive ketones (excluding diaryl/α,β-unsaturated/α-hetero) is 2. The molecule has 13 atom stereocenters. The summed E-state index contributed by atoms with van der Waals surface area (Å²) in [5.41, 5.74) is 7.26. The third-order valence-corrected chi connectivity index (χ3v) is 10.7. The minimum absolute atomic E-state index is 0.102. The number of ketones is 2. The highest BCUT2D eigenvalue weighted by atomic mass is 16.7. The number of amides is 1. The van der Waals surface area contributed by atoms with Gasteiger partial charge in [-0.2, -0.15) is 0 Å². The number of carbonyl (C=O) groups excluding carboxylic acids is 4. The molecule has 3 saturated heterocycles. The average Bonchev–Trinajstić information content (AvgIpc) is 3.30. The Kier molecular flexibility index (Phi) is 13.8. The largest absolute Gasteiger partial charge is 0.458 e. The maximum absolute atomic E-state index is 14.2. The van der Waals surface area contributed by atoms with E-state index in [4.69, 9.17) is 24.5 Å². The number of fused-ring (bicyclic) bond motifs is 1. The molecule has 1 N–H and O–H groups in total. The van der Waals surface area contributed by atoms with Crippen molar-refractivity contribution in [3.8, 4) is 0 Å². The molecule has 3 fully saturated rings. The zero-order chi connectivity index (χ0) is 36.1. The van der Waals surface area contributed by atoms with Crippen molar-refractivity contribution in [1.82, 2.24) is 9.80 Å². The molecule has 3 heterocycles. The molecular formula is C34H57N5O9. The SMILES string of the molecule is CC[C@H]1OC(=O)C(C)C(=O)C(C)[C@@H](OC2OC(C)CC(N(C)C)C2O)C(C)C[C@@H](C)C(=O)C(C)[C@H]2N(CCCCN=[N+]=[N-])C(=O)O[C@]12C. The van der Waals surface area contributed by atoms with E-state index in [0.29, 0.717) is 25.7 Å². The fourth-order valence-electron chi connectivity index (χ4n) is 7.98. The van der Waals surface area contributed by atoms with Crippen LogP contribution >= 0.6 is 0 Å². The van der Waals surface area contributed by atoms with Gasteiger partial charge >= 0.3 is 12.1 Å². The van der Waals surface area contributed by atoms with Gasteiger partial charge in [0.1, 0.15) is 23.9 Å². The van der Waals surface area contributed by atoms with Crippen LogP contribution in [0.25, 0.3) is 10.4 Å². The summed E-state index contributed by atoms with van der Waals surface area (Å²) in [6.07, 6.45) is -2.29. The van der Waals surface area contributed by atoms with Crippen molar-refractivity contribution in [2.24, 2.45) is 34.7 Å². The number of esters is 1. The third-order valence-electron chi connectivity index (χ3n) is 10.7. The molecule has 3 aliphatic heterocycles. The number of unbranched alkanes of at least 4 members (excludes halogenated alkanes) is 1. The van der Waals surface area contributed by atoms with Crippen LogP contribution in [0.15, 0.2) is 5.11 Å². The maximum atomic E-state index is 14.2.